The molecule has 0 aliphatic carbocycles. The van der Waals surface area contributed by atoms with Crippen LogP contribution in [0.4, 0.5) is 0 Å². The molecule has 0 radical (unpaired) electrons. The highest BCUT2D eigenvalue weighted by atomic mass is 32.1. The van der Waals surface area contributed by atoms with Crippen LogP contribution in [0.25, 0.3) is 5.13 Å². The van der Waals surface area contributed by atoms with Crippen molar-refractivity contribution < 1.29 is 4.79 Å². The summed E-state index contributed by atoms with van der Waals surface area (Å²) in [4.78, 5) is 18.8. The molecule has 0 N–H and O–H groups in total. The van der Waals surface area contributed by atoms with Gasteiger partial charge in [0.05, 0.1) is 5.69 Å². The molecule has 96 valence electrons. The lowest BCUT2D eigenvalue weighted by Gasteiger charge is -2.08. The van der Waals surface area contributed by atoms with E-state index < -0.39 is 0 Å². The van der Waals surface area contributed by atoms with Crippen molar-refractivity contribution in [1.29, 1.82) is 0 Å². The van der Waals surface area contributed by atoms with Gasteiger partial charge in [0.2, 0.25) is 0 Å². The Hall–Kier alpha value is -1.62. The number of hydrogen-bond acceptors (Lipinski definition) is 3. The van der Waals surface area contributed by atoms with Gasteiger partial charge in [0.15, 0.2) is 5.13 Å². The third kappa shape index (κ3) is 2.06. The maximum absolute atomic E-state index is 12.0. The summed E-state index contributed by atoms with van der Waals surface area (Å²) in [5.41, 5.74) is 3.05. The Morgan fingerprint density at radius 3 is 2.28 bits per heavy atom. The predicted octanol–water partition coefficient (Wildman–Crippen LogP) is 2.56. The summed E-state index contributed by atoms with van der Waals surface area (Å²) in [6, 6.07) is 4.11. The van der Waals surface area contributed by atoms with Gasteiger partial charge in [0, 0.05) is 25.5 Å². The van der Waals surface area contributed by atoms with Crippen molar-refractivity contribution in [1.82, 2.24) is 14.5 Å². The second-order valence-electron chi connectivity index (χ2n) is 4.56. The SMILES string of the molecule is Cc1nc(-n2c(C)ccc2C)sc1C(=O)N(C)C. The van der Waals surface area contributed by atoms with E-state index in [0.717, 1.165) is 22.2 Å². The molecule has 4 nitrogen and oxygen atoms in total. The zero-order valence-corrected chi connectivity index (χ0v) is 12.1. The van der Waals surface area contributed by atoms with E-state index in [4.69, 9.17) is 0 Å². The van der Waals surface area contributed by atoms with Gasteiger partial charge in [-0.3, -0.25) is 9.36 Å². The van der Waals surface area contributed by atoms with Gasteiger partial charge in [-0.05, 0) is 32.9 Å². The number of rotatable bonds is 2. The Morgan fingerprint density at radius 2 is 1.78 bits per heavy atom. The van der Waals surface area contributed by atoms with Gasteiger partial charge in [-0.25, -0.2) is 4.98 Å². The average Bonchev–Trinajstić information content (AvgIpc) is 2.81. The molecule has 2 rings (SSSR count). The van der Waals surface area contributed by atoms with Gasteiger partial charge >= 0.3 is 0 Å². The van der Waals surface area contributed by atoms with E-state index in [9.17, 15) is 4.79 Å². The van der Waals surface area contributed by atoms with E-state index >= 15 is 0 Å². The molecule has 2 aromatic heterocycles. The summed E-state index contributed by atoms with van der Waals surface area (Å²) in [5.74, 6) is 0.0127. The van der Waals surface area contributed by atoms with Crippen LogP contribution >= 0.6 is 11.3 Å². The minimum absolute atomic E-state index is 0.0127. The minimum atomic E-state index is 0.0127. The van der Waals surface area contributed by atoms with Crippen LogP contribution in [0.5, 0.6) is 0 Å². The monoisotopic (exact) mass is 263 g/mol. The van der Waals surface area contributed by atoms with Crippen LogP contribution in [0.15, 0.2) is 12.1 Å². The molecular formula is C13H17N3OS. The highest BCUT2D eigenvalue weighted by Crippen LogP contribution is 2.25. The van der Waals surface area contributed by atoms with Crippen LogP contribution in [-0.2, 0) is 0 Å². The second kappa shape index (κ2) is 4.57. The van der Waals surface area contributed by atoms with Gasteiger partial charge in [-0.15, -0.1) is 0 Å². The molecule has 0 unspecified atom stereocenters. The van der Waals surface area contributed by atoms with Crippen LogP contribution in [0.3, 0.4) is 0 Å². The van der Waals surface area contributed by atoms with Gasteiger partial charge < -0.3 is 4.90 Å². The molecule has 0 bridgehead atoms. The molecule has 5 heteroatoms. The first kappa shape index (κ1) is 12.8. The quantitative estimate of drug-likeness (QED) is 0.835. The molecule has 0 aromatic carbocycles. The zero-order chi connectivity index (χ0) is 13.4. The summed E-state index contributed by atoms with van der Waals surface area (Å²) in [7, 11) is 3.51. The third-order valence-electron chi connectivity index (χ3n) is 2.85. The smallest absolute Gasteiger partial charge is 0.265 e. The van der Waals surface area contributed by atoms with E-state index in [1.165, 1.54) is 11.3 Å². The van der Waals surface area contributed by atoms with E-state index in [1.54, 1.807) is 19.0 Å². The fourth-order valence-electron chi connectivity index (χ4n) is 1.85. The molecular weight excluding hydrogens is 246 g/mol. The molecule has 0 spiro atoms. The summed E-state index contributed by atoms with van der Waals surface area (Å²) >= 11 is 1.44. The Labute approximate surface area is 111 Å². The summed E-state index contributed by atoms with van der Waals surface area (Å²) in [6.45, 7) is 5.96. The molecule has 0 atom stereocenters. The third-order valence-corrected chi connectivity index (χ3v) is 3.98. The van der Waals surface area contributed by atoms with Crippen molar-refractivity contribution in [3.8, 4) is 5.13 Å². The molecule has 2 heterocycles. The molecule has 2 aromatic rings. The summed E-state index contributed by atoms with van der Waals surface area (Å²) in [5, 5.41) is 0.859. The topological polar surface area (TPSA) is 38.1 Å². The fraction of sp³-hybridized carbons (Fsp3) is 0.385. The number of aromatic nitrogens is 2. The number of amides is 1. The first-order valence-corrected chi connectivity index (χ1v) is 6.58. The number of aryl methyl sites for hydroxylation is 3. The van der Waals surface area contributed by atoms with Crippen molar-refractivity contribution in [2.45, 2.75) is 20.8 Å². The Morgan fingerprint density at radius 1 is 1.22 bits per heavy atom. The zero-order valence-electron chi connectivity index (χ0n) is 11.3. The molecule has 0 aliphatic rings. The van der Waals surface area contributed by atoms with Gasteiger partial charge in [-0.2, -0.15) is 0 Å². The van der Waals surface area contributed by atoms with Crippen molar-refractivity contribution in [2.24, 2.45) is 0 Å². The fourth-order valence-corrected chi connectivity index (χ4v) is 3.06. The number of nitrogens with zero attached hydrogens (tertiary/aromatic N) is 3. The maximum atomic E-state index is 12.0. The van der Waals surface area contributed by atoms with Gasteiger partial charge in [-0.1, -0.05) is 11.3 Å². The van der Waals surface area contributed by atoms with Gasteiger partial charge in [0.25, 0.3) is 5.91 Å². The first-order valence-electron chi connectivity index (χ1n) is 5.76. The Kier molecular flexibility index (Phi) is 3.26. The van der Waals surface area contributed by atoms with E-state index in [0.29, 0.717) is 4.88 Å². The molecule has 1 amide bonds. The number of carbonyl (C=O) groups is 1. The van der Waals surface area contributed by atoms with Crippen molar-refractivity contribution in [2.75, 3.05) is 14.1 Å². The maximum Gasteiger partial charge on any atom is 0.265 e. The Balaban J connectivity index is 2.50. The number of hydrogen-bond donors (Lipinski definition) is 0. The van der Waals surface area contributed by atoms with E-state index in [-0.39, 0.29) is 5.91 Å². The lowest BCUT2D eigenvalue weighted by molar-refractivity contribution is 0.0831. The molecule has 0 saturated carbocycles. The summed E-state index contributed by atoms with van der Waals surface area (Å²) < 4.78 is 2.07. The lowest BCUT2D eigenvalue weighted by atomic mass is 10.3. The highest BCUT2D eigenvalue weighted by Gasteiger charge is 2.18. The standard InChI is InChI=1S/C13H17N3OS/c1-8-6-7-9(2)16(8)13-14-10(3)11(18-13)12(17)15(4)5/h6-7H,1-5H3. The second-order valence-corrected chi connectivity index (χ2v) is 5.54. The minimum Gasteiger partial charge on any atom is -0.344 e. The lowest BCUT2D eigenvalue weighted by Crippen LogP contribution is -2.21. The van der Waals surface area contributed by atoms with Crippen LogP contribution in [-0.4, -0.2) is 34.5 Å². The van der Waals surface area contributed by atoms with Gasteiger partial charge in [0.1, 0.15) is 4.88 Å². The Bertz CT molecular complexity index is 576. The molecule has 0 fully saturated rings. The average molecular weight is 263 g/mol. The summed E-state index contributed by atoms with van der Waals surface area (Å²) in [6.07, 6.45) is 0. The normalized spacial score (nSPS) is 10.7. The van der Waals surface area contributed by atoms with Crippen molar-refractivity contribution >= 4 is 17.2 Å². The highest BCUT2D eigenvalue weighted by molar-refractivity contribution is 7.16. The van der Waals surface area contributed by atoms with Crippen LogP contribution in [0.2, 0.25) is 0 Å². The molecule has 18 heavy (non-hydrogen) atoms. The van der Waals surface area contributed by atoms with Crippen LogP contribution in [0.1, 0.15) is 26.8 Å². The number of carbonyl (C=O) groups excluding carboxylic acids is 1. The van der Waals surface area contributed by atoms with E-state index in [2.05, 4.69) is 21.7 Å². The van der Waals surface area contributed by atoms with Crippen molar-refractivity contribution in [3.05, 3.63) is 34.1 Å². The van der Waals surface area contributed by atoms with Crippen LogP contribution < -0.4 is 0 Å². The molecule has 0 aliphatic heterocycles. The van der Waals surface area contributed by atoms with Crippen molar-refractivity contribution in [3.63, 3.8) is 0 Å². The van der Waals surface area contributed by atoms with E-state index in [1.807, 2.05) is 20.8 Å². The first-order chi connectivity index (χ1) is 8.41. The largest absolute Gasteiger partial charge is 0.344 e. The predicted molar refractivity (Wildman–Crippen MR) is 73.7 cm³/mol. The van der Waals surface area contributed by atoms with Crippen LogP contribution in [0, 0.1) is 20.8 Å². The molecule has 0 saturated heterocycles. The number of thiazole rings is 1.